The van der Waals surface area contributed by atoms with Crippen LogP contribution < -0.4 is 10.1 Å². The number of anilines is 1. The van der Waals surface area contributed by atoms with Crippen molar-refractivity contribution in [2.24, 2.45) is 0 Å². The average Bonchev–Trinajstić information content (AvgIpc) is 3.04. The van der Waals surface area contributed by atoms with E-state index in [-0.39, 0.29) is 5.91 Å². The summed E-state index contributed by atoms with van der Waals surface area (Å²) in [6, 6.07) is 16.4. The zero-order chi connectivity index (χ0) is 17.9. The Kier molecular flexibility index (Phi) is 4.07. The first kappa shape index (κ1) is 15.8. The number of rotatable bonds is 4. The first-order chi connectivity index (χ1) is 12.7. The van der Waals surface area contributed by atoms with Crippen molar-refractivity contribution in [3.63, 3.8) is 0 Å². The van der Waals surface area contributed by atoms with E-state index in [9.17, 15) is 4.79 Å². The molecule has 0 aliphatic rings. The van der Waals surface area contributed by atoms with Gasteiger partial charge in [-0.05, 0) is 55.0 Å². The molecule has 0 spiro atoms. The highest BCUT2D eigenvalue weighted by molar-refractivity contribution is 6.04. The van der Waals surface area contributed by atoms with Crippen molar-refractivity contribution >= 4 is 22.9 Å². The monoisotopic (exact) mass is 344 g/mol. The number of aromatic amines is 1. The minimum atomic E-state index is -0.263. The van der Waals surface area contributed by atoms with Gasteiger partial charge in [0, 0.05) is 18.0 Å². The first-order valence-corrected chi connectivity index (χ1v) is 8.13. The second kappa shape index (κ2) is 6.68. The van der Waals surface area contributed by atoms with Crippen LogP contribution in [0.3, 0.4) is 0 Å². The van der Waals surface area contributed by atoms with Gasteiger partial charge in [0.25, 0.3) is 5.91 Å². The number of hydrogen-bond acceptors (Lipinski definition) is 4. The molecule has 0 aliphatic heterocycles. The van der Waals surface area contributed by atoms with E-state index in [1.165, 1.54) is 0 Å². The van der Waals surface area contributed by atoms with Gasteiger partial charge in [0.1, 0.15) is 11.5 Å². The van der Waals surface area contributed by atoms with Gasteiger partial charge in [0.15, 0.2) is 0 Å². The van der Waals surface area contributed by atoms with Crippen molar-refractivity contribution in [1.82, 2.24) is 15.0 Å². The Morgan fingerprint density at radius 2 is 1.88 bits per heavy atom. The highest BCUT2D eigenvalue weighted by Gasteiger charge is 2.10. The Labute approximate surface area is 149 Å². The molecule has 2 aromatic carbocycles. The van der Waals surface area contributed by atoms with Gasteiger partial charge in [-0.1, -0.05) is 12.1 Å². The second-order valence-electron chi connectivity index (χ2n) is 5.87. The van der Waals surface area contributed by atoms with Gasteiger partial charge in [-0.2, -0.15) is 0 Å². The van der Waals surface area contributed by atoms with Gasteiger partial charge >= 0.3 is 0 Å². The fourth-order valence-electron chi connectivity index (χ4n) is 2.61. The average molecular weight is 344 g/mol. The Hall–Kier alpha value is -3.67. The summed E-state index contributed by atoms with van der Waals surface area (Å²) in [5.74, 6) is 1.38. The summed E-state index contributed by atoms with van der Waals surface area (Å²) < 4.78 is 5.74. The summed E-state index contributed by atoms with van der Waals surface area (Å²) in [5.41, 5.74) is 3.30. The summed E-state index contributed by atoms with van der Waals surface area (Å²) >= 11 is 0. The van der Waals surface area contributed by atoms with E-state index in [1.807, 2.05) is 25.1 Å². The summed E-state index contributed by atoms with van der Waals surface area (Å²) in [6.07, 6.45) is 3.30. The number of carbonyl (C=O) groups excluding carboxylic acids is 1. The van der Waals surface area contributed by atoms with E-state index in [0.29, 0.717) is 23.0 Å². The third-order valence-corrected chi connectivity index (χ3v) is 3.85. The number of aromatic nitrogens is 3. The van der Waals surface area contributed by atoms with Gasteiger partial charge in [-0.25, -0.2) is 4.98 Å². The lowest BCUT2D eigenvalue weighted by atomic mass is 10.2. The van der Waals surface area contributed by atoms with E-state index in [0.717, 1.165) is 16.6 Å². The third-order valence-electron chi connectivity index (χ3n) is 3.85. The number of hydrogen-bond donors (Lipinski definition) is 2. The molecule has 2 N–H and O–H groups in total. The Morgan fingerprint density at radius 3 is 2.73 bits per heavy atom. The third kappa shape index (κ3) is 3.39. The largest absolute Gasteiger partial charge is 0.457 e. The molecule has 0 radical (unpaired) electrons. The quantitative estimate of drug-likeness (QED) is 0.578. The molecule has 0 aliphatic carbocycles. The van der Waals surface area contributed by atoms with Crippen LogP contribution in [0, 0.1) is 6.92 Å². The number of benzene rings is 2. The summed E-state index contributed by atoms with van der Waals surface area (Å²) in [7, 11) is 0. The molecule has 4 rings (SSSR count). The molecule has 2 aromatic heterocycles. The van der Waals surface area contributed by atoms with Crippen LogP contribution >= 0.6 is 0 Å². The number of nitrogens with one attached hydrogen (secondary N) is 2. The number of pyridine rings is 1. The lowest BCUT2D eigenvalue weighted by Crippen LogP contribution is -2.12. The summed E-state index contributed by atoms with van der Waals surface area (Å²) in [4.78, 5) is 24.0. The highest BCUT2D eigenvalue weighted by Crippen LogP contribution is 2.22. The lowest BCUT2D eigenvalue weighted by Gasteiger charge is -2.07. The number of carbonyl (C=O) groups is 1. The normalized spacial score (nSPS) is 10.7. The van der Waals surface area contributed by atoms with Crippen molar-refractivity contribution < 1.29 is 9.53 Å². The van der Waals surface area contributed by atoms with Crippen molar-refractivity contribution in [3.05, 3.63) is 78.1 Å². The van der Waals surface area contributed by atoms with Crippen LogP contribution in [0.2, 0.25) is 0 Å². The number of ether oxygens (including phenoxy) is 1. The number of imidazole rings is 1. The van der Waals surface area contributed by atoms with Crippen LogP contribution in [-0.4, -0.2) is 20.9 Å². The van der Waals surface area contributed by atoms with Gasteiger partial charge in [-0.3, -0.25) is 15.1 Å². The summed E-state index contributed by atoms with van der Waals surface area (Å²) in [6.45, 7) is 2.01. The molecule has 26 heavy (non-hydrogen) atoms. The van der Waals surface area contributed by atoms with Crippen LogP contribution in [0.15, 0.2) is 67.0 Å². The van der Waals surface area contributed by atoms with E-state index < -0.39 is 0 Å². The Morgan fingerprint density at radius 1 is 1.04 bits per heavy atom. The zero-order valence-corrected chi connectivity index (χ0v) is 14.1. The minimum absolute atomic E-state index is 0.263. The van der Waals surface area contributed by atoms with Gasteiger partial charge < -0.3 is 9.72 Å². The van der Waals surface area contributed by atoms with E-state index in [1.54, 1.807) is 48.8 Å². The molecule has 1 amide bonds. The van der Waals surface area contributed by atoms with Crippen LogP contribution in [0.4, 0.5) is 5.95 Å². The number of fused-ring (bicyclic) bond motifs is 1. The maximum Gasteiger partial charge on any atom is 0.258 e. The molecule has 6 nitrogen and oxygen atoms in total. The fourth-order valence-corrected chi connectivity index (χ4v) is 2.61. The molecular formula is C20H16N4O2. The molecule has 0 atom stereocenters. The molecule has 128 valence electrons. The van der Waals surface area contributed by atoms with Crippen molar-refractivity contribution in [2.45, 2.75) is 6.92 Å². The van der Waals surface area contributed by atoms with Gasteiger partial charge in [-0.15, -0.1) is 0 Å². The number of aryl methyl sites for hydroxylation is 1. The number of nitrogens with zero attached hydrogens (tertiary/aromatic N) is 2. The molecule has 2 heterocycles. The van der Waals surface area contributed by atoms with Crippen molar-refractivity contribution in [2.75, 3.05) is 5.32 Å². The van der Waals surface area contributed by atoms with Crippen molar-refractivity contribution in [3.8, 4) is 11.5 Å². The van der Waals surface area contributed by atoms with Gasteiger partial charge in [0.05, 0.1) is 11.0 Å². The molecule has 4 aromatic rings. The van der Waals surface area contributed by atoms with Crippen LogP contribution in [0.25, 0.3) is 11.0 Å². The van der Waals surface area contributed by atoms with Crippen LogP contribution in [0.1, 0.15) is 15.9 Å². The first-order valence-electron chi connectivity index (χ1n) is 8.13. The molecule has 6 heteroatoms. The van der Waals surface area contributed by atoms with Crippen molar-refractivity contribution in [1.29, 1.82) is 0 Å². The molecule has 0 saturated heterocycles. The zero-order valence-electron chi connectivity index (χ0n) is 14.1. The fraction of sp³-hybridized carbons (Fsp3) is 0.0500. The molecule has 0 bridgehead atoms. The van der Waals surface area contributed by atoms with Gasteiger partial charge in [0.2, 0.25) is 5.95 Å². The maximum atomic E-state index is 12.5. The van der Waals surface area contributed by atoms with E-state index in [4.69, 9.17) is 4.74 Å². The predicted molar refractivity (Wildman–Crippen MR) is 99.5 cm³/mol. The molecule has 0 unspecified atom stereocenters. The molecule has 0 saturated carbocycles. The topological polar surface area (TPSA) is 79.9 Å². The number of H-pyrrole nitrogens is 1. The Bertz CT molecular complexity index is 1070. The molecule has 0 fully saturated rings. The SMILES string of the molecule is Cc1ccc2nc(NC(=O)c3cccc(Oc4ccncc4)c3)[nH]c2c1. The van der Waals surface area contributed by atoms with E-state index in [2.05, 4.69) is 20.3 Å². The number of amides is 1. The highest BCUT2D eigenvalue weighted by atomic mass is 16.5. The summed E-state index contributed by atoms with van der Waals surface area (Å²) in [5, 5.41) is 2.79. The second-order valence-corrected chi connectivity index (χ2v) is 5.87. The Balaban J connectivity index is 1.53. The minimum Gasteiger partial charge on any atom is -0.457 e. The maximum absolute atomic E-state index is 12.5. The lowest BCUT2D eigenvalue weighted by molar-refractivity contribution is 0.102. The van der Waals surface area contributed by atoms with E-state index >= 15 is 0 Å². The smallest absolute Gasteiger partial charge is 0.258 e. The van der Waals surface area contributed by atoms with Crippen LogP contribution in [-0.2, 0) is 0 Å². The molecular weight excluding hydrogens is 328 g/mol. The van der Waals surface area contributed by atoms with Crippen LogP contribution in [0.5, 0.6) is 11.5 Å². The standard InChI is InChI=1S/C20H16N4O2/c1-13-5-6-17-18(11-13)23-20(22-17)24-19(25)14-3-2-4-16(12-14)26-15-7-9-21-10-8-15/h2-12H,1H3,(H2,22,23,24,25). The predicted octanol–water partition coefficient (Wildman–Crippen LogP) is 4.31.